The lowest BCUT2D eigenvalue weighted by Crippen LogP contribution is -2.07. The molecule has 0 saturated carbocycles. The monoisotopic (exact) mass is 219 g/mol. The van der Waals surface area contributed by atoms with Crippen LogP contribution < -0.4 is 5.73 Å². The highest BCUT2D eigenvalue weighted by atomic mass is 19.1. The highest BCUT2D eigenvalue weighted by molar-refractivity contribution is 5.33. The Morgan fingerprint density at radius 3 is 2.69 bits per heavy atom. The summed E-state index contributed by atoms with van der Waals surface area (Å²) in [5.74, 6) is 0.365. The largest absolute Gasteiger partial charge is 0.384 e. The SMILES string of the molecule is Cc1cc(N)n(Cc2cc(F)ccc2C)n1. The first kappa shape index (κ1) is 10.7. The van der Waals surface area contributed by atoms with E-state index < -0.39 is 0 Å². The molecule has 2 rings (SSSR count). The minimum atomic E-state index is -0.233. The molecule has 0 spiro atoms. The van der Waals surface area contributed by atoms with Gasteiger partial charge in [0.05, 0.1) is 12.2 Å². The number of benzene rings is 1. The number of halogens is 1. The van der Waals surface area contributed by atoms with E-state index in [1.54, 1.807) is 16.8 Å². The maximum Gasteiger partial charge on any atom is 0.123 e. The highest BCUT2D eigenvalue weighted by Crippen LogP contribution is 2.14. The van der Waals surface area contributed by atoms with Crippen LogP contribution in [0, 0.1) is 19.7 Å². The topological polar surface area (TPSA) is 43.8 Å². The van der Waals surface area contributed by atoms with Gasteiger partial charge in [-0.3, -0.25) is 0 Å². The zero-order chi connectivity index (χ0) is 11.7. The quantitative estimate of drug-likeness (QED) is 0.842. The number of rotatable bonds is 2. The van der Waals surface area contributed by atoms with E-state index in [-0.39, 0.29) is 5.82 Å². The van der Waals surface area contributed by atoms with Gasteiger partial charge in [-0.25, -0.2) is 9.07 Å². The smallest absolute Gasteiger partial charge is 0.123 e. The molecule has 1 heterocycles. The Morgan fingerprint density at radius 2 is 2.06 bits per heavy atom. The number of hydrogen-bond acceptors (Lipinski definition) is 2. The van der Waals surface area contributed by atoms with Crippen LogP contribution in [0.25, 0.3) is 0 Å². The van der Waals surface area contributed by atoms with Crippen molar-refractivity contribution in [1.82, 2.24) is 9.78 Å². The molecule has 0 bridgehead atoms. The molecule has 0 aliphatic heterocycles. The van der Waals surface area contributed by atoms with E-state index in [2.05, 4.69) is 5.10 Å². The van der Waals surface area contributed by atoms with Crippen LogP contribution >= 0.6 is 0 Å². The van der Waals surface area contributed by atoms with Crippen molar-refractivity contribution in [2.75, 3.05) is 5.73 Å². The first-order valence-corrected chi connectivity index (χ1v) is 5.11. The lowest BCUT2D eigenvalue weighted by atomic mass is 10.1. The fourth-order valence-electron chi connectivity index (χ4n) is 1.66. The normalized spacial score (nSPS) is 10.7. The Bertz CT molecular complexity index is 517. The molecule has 2 aromatic rings. The molecule has 3 nitrogen and oxygen atoms in total. The summed E-state index contributed by atoms with van der Waals surface area (Å²) < 4.78 is 14.8. The summed E-state index contributed by atoms with van der Waals surface area (Å²) in [4.78, 5) is 0. The van der Waals surface area contributed by atoms with Crippen molar-refractivity contribution in [3.8, 4) is 0 Å². The van der Waals surface area contributed by atoms with Crippen LogP contribution in [0.5, 0.6) is 0 Å². The van der Waals surface area contributed by atoms with Gasteiger partial charge in [0.25, 0.3) is 0 Å². The molecule has 2 N–H and O–H groups in total. The Balaban J connectivity index is 2.33. The molecule has 0 aliphatic rings. The van der Waals surface area contributed by atoms with Gasteiger partial charge in [-0.2, -0.15) is 5.10 Å². The van der Waals surface area contributed by atoms with Crippen molar-refractivity contribution in [2.45, 2.75) is 20.4 Å². The molecule has 0 radical (unpaired) electrons. The second kappa shape index (κ2) is 3.96. The van der Waals surface area contributed by atoms with Gasteiger partial charge < -0.3 is 5.73 Å². The van der Waals surface area contributed by atoms with Gasteiger partial charge in [-0.15, -0.1) is 0 Å². The summed E-state index contributed by atoms with van der Waals surface area (Å²) in [6.45, 7) is 4.33. The third kappa shape index (κ3) is 2.05. The van der Waals surface area contributed by atoms with Crippen molar-refractivity contribution in [3.05, 3.63) is 46.9 Å². The average molecular weight is 219 g/mol. The summed E-state index contributed by atoms with van der Waals surface area (Å²) in [5, 5.41) is 4.25. The van der Waals surface area contributed by atoms with Crippen molar-refractivity contribution >= 4 is 5.82 Å². The molecule has 16 heavy (non-hydrogen) atoms. The van der Waals surface area contributed by atoms with Crippen molar-refractivity contribution < 1.29 is 4.39 Å². The number of nitrogens with two attached hydrogens (primary N) is 1. The molecular weight excluding hydrogens is 205 g/mol. The van der Waals surface area contributed by atoms with Crippen molar-refractivity contribution in [2.24, 2.45) is 0 Å². The second-order valence-electron chi connectivity index (χ2n) is 3.94. The molecule has 0 fully saturated rings. The predicted octanol–water partition coefficient (Wildman–Crippen LogP) is 2.27. The first-order valence-electron chi connectivity index (χ1n) is 5.11. The molecule has 0 atom stereocenters. The molecule has 0 amide bonds. The summed E-state index contributed by atoms with van der Waals surface area (Å²) >= 11 is 0. The van der Waals surface area contributed by atoms with Gasteiger partial charge in [-0.05, 0) is 37.1 Å². The Kier molecular flexibility index (Phi) is 2.64. The van der Waals surface area contributed by atoms with Gasteiger partial charge >= 0.3 is 0 Å². The lowest BCUT2D eigenvalue weighted by molar-refractivity contribution is 0.618. The number of aryl methyl sites for hydroxylation is 2. The molecule has 0 saturated heterocycles. The van der Waals surface area contributed by atoms with E-state index in [4.69, 9.17) is 5.73 Å². The molecule has 1 aromatic heterocycles. The fourth-order valence-corrected chi connectivity index (χ4v) is 1.66. The van der Waals surface area contributed by atoms with Crippen LogP contribution in [0.1, 0.15) is 16.8 Å². The summed E-state index contributed by atoms with van der Waals surface area (Å²) in [5.41, 5.74) is 8.59. The average Bonchev–Trinajstić information content (AvgIpc) is 2.51. The second-order valence-corrected chi connectivity index (χ2v) is 3.94. The van der Waals surface area contributed by atoms with Crippen LogP contribution in [0.15, 0.2) is 24.3 Å². The van der Waals surface area contributed by atoms with Crippen LogP contribution in [0.3, 0.4) is 0 Å². The predicted molar refractivity (Wildman–Crippen MR) is 61.6 cm³/mol. The van der Waals surface area contributed by atoms with E-state index in [9.17, 15) is 4.39 Å². The summed E-state index contributed by atoms with van der Waals surface area (Å²) in [6.07, 6.45) is 0. The molecule has 0 aliphatic carbocycles. The minimum Gasteiger partial charge on any atom is -0.384 e. The minimum absolute atomic E-state index is 0.233. The maximum atomic E-state index is 13.1. The van der Waals surface area contributed by atoms with E-state index in [0.717, 1.165) is 16.8 Å². The van der Waals surface area contributed by atoms with E-state index in [1.165, 1.54) is 12.1 Å². The van der Waals surface area contributed by atoms with Crippen molar-refractivity contribution in [3.63, 3.8) is 0 Å². The lowest BCUT2D eigenvalue weighted by Gasteiger charge is -2.07. The number of anilines is 1. The van der Waals surface area contributed by atoms with Gasteiger partial charge in [-0.1, -0.05) is 6.07 Å². The molecule has 1 aromatic carbocycles. The standard InChI is InChI=1S/C12H14FN3/c1-8-3-4-11(13)6-10(8)7-16-12(14)5-9(2)15-16/h3-6H,7,14H2,1-2H3. The van der Waals surface area contributed by atoms with Crippen LogP contribution in [0.4, 0.5) is 10.2 Å². The number of hydrogen-bond donors (Lipinski definition) is 1. The Hall–Kier alpha value is -1.84. The zero-order valence-corrected chi connectivity index (χ0v) is 9.37. The first-order chi connectivity index (χ1) is 7.56. The zero-order valence-electron chi connectivity index (χ0n) is 9.37. The van der Waals surface area contributed by atoms with Gasteiger partial charge in [0, 0.05) is 6.07 Å². The molecular formula is C12H14FN3. The Morgan fingerprint density at radius 1 is 1.31 bits per heavy atom. The number of nitrogen functional groups attached to an aromatic ring is 1. The Labute approximate surface area is 93.7 Å². The van der Waals surface area contributed by atoms with Crippen LogP contribution in [-0.2, 0) is 6.54 Å². The van der Waals surface area contributed by atoms with E-state index in [0.29, 0.717) is 12.4 Å². The molecule has 84 valence electrons. The van der Waals surface area contributed by atoms with Crippen LogP contribution in [0.2, 0.25) is 0 Å². The third-order valence-electron chi connectivity index (χ3n) is 2.56. The van der Waals surface area contributed by atoms with Crippen LogP contribution in [-0.4, -0.2) is 9.78 Å². The third-order valence-corrected chi connectivity index (χ3v) is 2.56. The highest BCUT2D eigenvalue weighted by Gasteiger charge is 2.05. The number of nitrogens with zero attached hydrogens (tertiary/aromatic N) is 2. The molecule has 4 heteroatoms. The summed E-state index contributed by atoms with van der Waals surface area (Å²) in [7, 11) is 0. The summed E-state index contributed by atoms with van der Waals surface area (Å²) in [6, 6.07) is 6.54. The van der Waals surface area contributed by atoms with E-state index in [1.807, 2.05) is 13.8 Å². The number of aromatic nitrogens is 2. The van der Waals surface area contributed by atoms with Gasteiger partial charge in [0.1, 0.15) is 11.6 Å². The van der Waals surface area contributed by atoms with Crippen molar-refractivity contribution in [1.29, 1.82) is 0 Å². The van der Waals surface area contributed by atoms with Gasteiger partial charge in [0.2, 0.25) is 0 Å². The molecule has 0 unspecified atom stereocenters. The van der Waals surface area contributed by atoms with E-state index >= 15 is 0 Å². The van der Waals surface area contributed by atoms with Gasteiger partial charge in [0.15, 0.2) is 0 Å². The fraction of sp³-hybridized carbons (Fsp3) is 0.250. The maximum absolute atomic E-state index is 13.1.